The van der Waals surface area contributed by atoms with E-state index >= 15 is 0 Å². The van der Waals surface area contributed by atoms with Crippen LogP contribution in [0.5, 0.6) is 0 Å². The molecule has 0 saturated heterocycles. The van der Waals surface area contributed by atoms with Crippen molar-refractivity contribution in [3.8, 4) is 0 Å². The number of aryl methyl sites for hydroxylation is 1. The third-order valence-corrected chi connectivity index (χ3v) is 1.97. The van der Waals surface area contributed by atoms with Gasteiger partial charge in [-0.1, -0.05) is 17.7 Å². The summed E-state index contributed by atoms with van der Waals surface area (Å²) in [4.78, 5) is 12.6. The molecule has 14 heavy (non-hydrogen) atoms. The number of hydrogen-bond acceptors (Lipinski definition) is 2. The maximum atomic E-state index is 10.7. The lowest BCUT2D eigenvalue weighted by Gasteiger charge is -2.13. The van der Waals surface area contributed by atoms with E-state index in [2.05, 4.69) is 6.92 Å². The molecule has 1 rings (SSSR count). The summed E-state index contributed by atoms with van der Waals surface area (Å²) < 4.78 is 0. The summed E-state index contributed by atoms with van der Waals surface area (Å²) in [5.74, 6) is 0.0592. The van der Waals surface area contributed by atoms with Crippen molar-refractivity contribution in [2.75, 3.05) is 11.9 Å². The van der Waals surface area contributed by atoms with Gasteiger partial charge < -0.3 is 4.90 Å². The Morgan fingerprint density at radius 1 is 1.29 bits per heavy atom. The van der Waals surface area contributed by atoms with Gasteiger partial charge in [-0.15, -0.1) is 0 Å². The van der Waals surface area contributed by atoms with Gasteiger partial charge in [0.25, 0.3) is 0 Å². The van der Waals surface area contributed by atoms with E-state index in [1.165, 1.54) is 5.56 Å². The molecule has 0 aliphatic rings. The molecule has 1 aromatic rings. The molecule has 0 heterocycles. The van der Waals surface area contributed by atoms with E-state index in [0.29, 0.717) is 0 Å². The molecule has 1 aromatic carbocycles. The van der Waals surface area contributed by atoms with Crippen LogP contribution in [-0.2, 0) is 4.79 Å². The van der Waals surface area contributed by atoms with Crippen LogP contribution >= 0.6 is 0 Å². The van der Waals surface area contributed by atoms with Crippen LogP contribution in [0.3, 0.4) is 0 Å². The van der Waals surface area contributed by atoms with Crippen LogP contribution in [0.4, 0.5) is 5.69 Å². The highest BCUT2D eigenvalue weighted by molar-refractivity contribution is 5.87. The van der Waals surface area contributed by atoms with Crippen LogP contribution in [0.1, 0.15) is 12.5 Å². The van der Waals surface area contributed by atoms with Gasteiger partial charge in [-0.3, -0.25) is 4.79 Å². The lowest BCUT2D eigenvalue weighted by molar-refractivity contribution is -0.112. The summed E-state index contributed by atoms with van der Waals surface area (Å²) in [6.45, 7) is 3.59. The number of hydrogen-bond donors (Lipinski definition) is 0. The Hall–Kier alpha value is -1.57. The average Bonchev–Trinajstić information content (AvgIpc) is 2.15. The first-order chi connectivity index (χ1) is 6.59. The second kappa shape index (κ2) is 4.61. The van der Waals surface area contributed by atoms with Crippen LogP contribution < -0.4 is 4.90 Å². The molecule has 0 aliphatic carbocycles. The molecule has 0 aliphatic heterocycles. The Kier molecular flexibility index (Phi) is 3.46. The van der Waals surface area contributed by atoms with Crippen molar-refractivity contribution in [3.63, 3.8) is 0 Å². The van der Waals surface area contributed by atoms with Gasteiger partial charge in [0.1, 0.15) is 0 Å². The summed E-state index contributed by atoms with van der Waals surface area (Å²) >= 11 is 0. The summed E-state index contributed by atoms with van der Waals surface area (Å²) in [6, 6.07) is 8.15. The van der Waals surface area contributed by atoms with Crippen molar-refractivity contribution in [3.05, 3.63) is 42.1 Å². The van der Waals surface area contributed by atoms with Crippen LogP contribution in [0.2, 0.25) is 0 Å². The normalized spacial score (nSPS) is 10.5. The van der Waals surface area contributed by atoms with Gasteiger partial charge in [0.15, 0.2) is 5.78 Å². The fourth-order valence-corrected chi connectivity index (χ4v) is 1.08. The molecule has 0 saturated carbocycles. The molecule has 0 N–H and O–H groups in total. The van der Waals surface area contributed by atoms with E-state index in [4.69, 9.17) is 0 Å². The van der Waals surface area contributed by atoms with Crippen molar-refractivity contribution in [1.82, 2.24) is 0 Å². The summed E-state index contributed by atoms with van der Waals surface area (Å²) in [6.07, 6.45) is 3.33. The fourth-order valence-electron chi connectivity index (χ4n) is 1.08. The number of carbonyl (C=O) groups is 1. The van der Waals surface area contributed by atoms with Gasteiger partial charge in [0, 0.05) is 18.9 Å². The van der Waals surface area contributed by atoms with Crippen molar-refractivity contribution in [2.45, 2.75) is 13.8 Å². The standard InChI is InChI=1S/C12H15NO/c1-10-4-6-12(7-5-10)13(3)9-8-11(2)14/h4-9H,1-3H3/b9-8+. The van der Waals surface area contributed by atoms with Gasteiger partial charge in [-0.2, -0.15) is 0 Å². The van der Waals surface area contributed by atoms with Crippen molar-refractivity contribution < 1.29 is 4.79 Å². The third-order valence-electron chi connectivity index (χ3n) is 1.97. The van der Waals surface area contributed by atoms with Gasteiger partial charge in [-0.05, 0) is 32.1 Å². The quantitative estimate of drug-likeness (QED) is 0.681. The summed E-state index contributed by atoms with van der Waals surface area (Å²) in [7, 11) is 1.92. The molecular weight excluding hydrogens is 174 g/mol. The zero-order valence-corrected chi connectivity index (χ0v) is 8.82. The van der Waals surface area contributed by atoms with Crippen molar-refractivity contribution >= 4 is 11.5 Å². The SMILES string of the molecule is CC(=O)/C=C/N(C)c1ccc(C)cc1. The van der Waals surface area contributed by atoms with Crippen LogP contribution in [0, 0.1) is 6.92 Å². The Labute approximate surface area is 84.9 Å². The maximum absolute atomic E-state index is 10.7. The Bertz CT molecular complexity index is 338. The van der Waals surface area contributed by atoms with E-state index in [1.54, 1.807) is 19.2 Å². The van der Waals surface area contributed by atoms with E-state index in [-0.39, 0.29) is 5.78 Å². The second-order valence-electron chi connectivity index (χ2n) is 3.37. The van der Waals surface area contributed by atoms with Crippen LogP contribution in [-0.4, -0.2) is 12.8 Å². The highest BCUT2D eigenvalue weighted by Gasteiger charge is 1.95. The van der Waals surface area contributed by atoms with Crippen LogP contribution in [0.15, 0.2) is 36.5 Å². The number of anilines is 1. The minimum atomic E-state index is 0.0592. The number of ketones is 1. The highest BCUT2D eigenvalue weighted by atomic mass is 16.1. The van der Waals surface area contributed by atoms with Gasteiger partial charge in [0.05, 0.1) is 0 Å². The smallest absolute Gasteiger partial charge is 0.154 e. The van der Waals surface area contributed by atoms with Gasteiger partial charge in [0.2, 0.25) is 0 Å². The summed E-state index contributed by atoms with van der Waals surface area (Å²) in [5, 5.41) is 0. The third kappa shape index (κ3) is 3.05. The Morgan fingerprint density at radius 2 is 1.86 bits per heavy atom. The molecule has 0 aromatic heterocycles. The van der Waals surface area contributed by atoms with Crippen molar-refractivity contribution in [1.29, 1.82) is 0 Å². The van der Waals surface area contributed by atoms with Gasteiger partial charge >= 0.3 is 0 Å². The molecule has 0 unspecified atom stereocenters. The molecule has 0 amide bonds. The van der Waals surface area contributed by atoms with Gasteiger partial charge in [-0.25, -0.2) is 0 Å². The molecule has 2 heteroatoms. The Balaban J connectivity index is 2.74. The maximum Gasteiger partial charge on any atom is 0.154 e. The van der Waals surface area contributed by atoms with E-state index in [9.17, 15) is 4.79 Å². The van der Waals surface area contributed by atoms with E-state index in [0.717, 1.165) is 5.69 Å². The Morgan fingerprint density at radius 3 is 2.36 bits per heavy atom. The zero-order chi connectivity index (χ0) is 10.6. The molecule has 0 fully saturated rings. The monoisotopic (exact) mass is 189 g/mol. The first-order valence-electron chi connectivity index (χ1n) is 4.58. The number of rotatable bonds is 3. The molecular formula is C12H15NO. The second-order valence-corrected chi connectivity index (χ2v) is 3.37. The molecule has 74 valence electrons. The first-order valence-corrected chi connectivity index (χ1v) is 4.58. The summed E-state index contributed by atoms with van der Waals surface area (Å²) in [5.41, 5.74) is 2.31. The molecule has 0 spiro atoms. The van der Waals surface area contributed by atoms with Crippen molar-refractivity contribution in [2.24, 2.45) is 0 Å². The predicted octanol–water partition coefficient (Wildman–Crippen LogP) is 2.53. The minimum absolute atomic E-state index is 0.0592. The zero-order valence-electron chi connectivity index (χ0n) is 8.82. The minimum Gasteiger partial charge on any atom is -0.351 e. The number of carbonyl (C=O) groups excluding carboxylic acids is 1. The number of nitrogens with zero attached hydrogens (tertiary/aromatic N) is 1. The topological polar surface area (TPSA) is 20.3 Å². The molecule has 0 bridgehead atoms. The average molecular weight is 189 g/mol. The predicted molar refractivity (Wildman–Crippen MR) is 59.4 cm³/mol. The molecule has 0 radical (unpaired) electrons. The van der Waals surface area contributed by atoms with E-state index < -0.39 is 0 Å². The lowest BCUT2D eigenvalue weighted by Crippen LogP contribution is -2.08. The molecule has 0 atom stereocenters. The number of allylic oxidation sites excluding steroid dienone is 1. The molecule has 2 nitrogen and oxygen atoms in total. The number of benzene rings is 1. The van der Waals surface area contributed by atoms with Crippen LogP contribution in [0.25, 0.3) is 0 Å². The first kappa shape index (κ1) is 10.5. The lowest BCUT2D eigenvalue weighted by atomic mass is 10.2. The largest absolute Gasteiger partial charge is 0.351 e. The van der Waals surface area contributed by atoms with E-state index in [1.807, 2.05) is 36.2 Å². The highest BCUT2D eigenvalue weighted by Crippen LogP contribution is 2.13. The fraction of sp³-hybridized carbons (Fsp3) is 0.250.